The zero-order chi connectivity index (χ0) is 17.5. The van der Waals surface area contributed by atoms with Gasteiger partial charge in [-0.15, -0.1) is 0 Å². The lowest BCUT2D eigenvalue weighted by Crippen LogP contribution is -2.02. The van der Waals surface area contributed by atoms with Crippen molar-refractivity contribution in [1.29, 1.82) is 0 Å². The molecule has 0 amide bonds. The Bertz CT molecular complexity index is 809. The summed E-state index contributed by atoms with van der Waals surface area (Å²) >= 11 is 6.96. The molecule has 0 heterocycles. The summed E-state index contributed by atoms with van der Waals surface area (Å²) in [4.78, 5) is 0. The van der Waals surface area contributed by atoms with Gasteiger partial charge in [0.05, 0.1) is 6.61 Å². The second-order valence-corrected chi connectivity index (χ2v) is 7.51. The van der Waals surface area contributed by atoms with Crippen LogP contribution >= 0.6 is 31.9 Å². The van der Waals surface area contributed by atoms with Gasteiger partial charge in [0.25, 0.3) is 0 Å². The molecule has 1 atom stereocenters. The first-order valence-corrected chi connectivity index (χ1v) is 9.64. The van der Waals surface area contributed by atoms with Gasteiger partial charge in [-0.25, -0.2) is 0 Å². The summed E-state index contributed by atoms with van der Waals surface area (Å²) in [5, 5.41) is 0. The summed E-state index contributed by atoms with van der Waals surface area (Å²) in [6.45, 7) is 0.576. The van der Waals surface area contributed by atoms with E-state index in [2.05, 4.69) is 80.4 Å². The lowest BCUT2D eigenvalue weighted by atomic mass is 10.1. The first kappa shape index (κ1) is 18.1. The molecule has 3 aromatic carbocycles. The smallest absolute Gasteiger partial charge is 0.101 e. The van der Waals surface area contributed by atoms with Gasteiger partial charge < -0.3 is 4.74 Å². The van der Waals surface area contributed by atoms with E-state index in [1.165, 1.54) is 5.56 Å². The predicted molar refractivity (Wildman–Crippen MR) is 111 cm³/mol. The SMILES string of the molecule is Brc1ccc(/C=C/C(OCc2ccccc2)c2ccc(Br)cc2)cc1. The van der Waals surface area contributed by atoms with E-state index in [0.717, 1.165) is 20.1 Å². The molecule has 0 aliphatic rings. The Balaban J connectivity index is 1.78. The molecule has 1 unspecified atom stereocenters. The lowest BCUT2D eigenvalue weighted by molar-refractivity contribution is 0.0723. The van der Waals surface area contributed by atoms with Gasteiger partial charge in [-0.05, 0) is 41.0 Å². The highest BCUT2D eigenvalue weighted by Crippen LogP contribution is 2.24. The number of hydrogen-bond acceptors (Lipinski definition) is 1. The molecule has 3 rings (SSSR count). The minimum atomic E-state index is -0.100. The second-order valence-electron chi connectivity index (χ2n) is 5.68. The fraction of sp³-hybridized carbons (Fsp3) is 0.0909. The van der Waals surface area contributed by atoms with Gasteiger partial charge in [-0.3, -0.25) is 0 Å². The van der Waals surface area contributed by atoms with Crippen LogP contribution in [0.5, 0.6) is 0 Å². The fourth-order valence-corrected chi connectivity index (χ4v) is 2.98. The number of rotatable bonds is 6. The van der Waals surface area contributed by atoms with E-state index < -0.39 is 0 Å². The largest absolute Gasteiger partial charge is 0.365 e. The van der Waals surface area contributed by atoms with Gasteiger partial charge in [0.2, 0.25) is 0 Å². The highest BCUT2D eigenvalue weighted by atomic mass is 79.9. The fourth-order valence-electron chi connectivity index (χ4n) is 2.45. The maximum absolute atomic E-state index is 6.19. The summed E-state index contributed by atoms with van der Waals surface area (Å²) in [6.07, 6.45) is 4.11. The van der Waals surface area contributed by atoms with Crippen LogP contribution in [0.2, 0.25) is 0 Å². The summed E-state index contributed by atoms with van der Waals surface area (Å²) in [6, 6.07) is 26.7. The van der Waals surface area contributed by atoms with E-state index in [1.54, 1.807) is 0 Å². The third kappa shape index (κ3) is 5.67. The van der Waals surface area contributed by atoms with E-state index in [0.29, 0.717) is 6.61 Å². The van der Waals surface area contributed by atoms with Gasteiger partial charge >= 0.3 is 0 Å². The Kier molecular flexibility index (Phi) is 6.62. The Labute approximate surface area is 165 Å². The normalized spacial score (nSPS) is 12.4. The van der Waals surface area contributed by atoms with Gasteiger partial charge in [-0.1, -0.05) is 98.6 Å². The van der Waals surface area contributed by atoms with Crippen molar-refractivity contribution in [3.05, 3.63) is 111 Å². The number of ether oxygens (including phenoxy) is 1. The van der Waals surface area contributed by atoms with E-state index in [-0.39, 0.29) is 6.10 Å². The molecule has 0 aliphatic heterocycles. The molecule has 0 bridgehead atoms. The molecule has 25 heavy (non-hydrogen) atoms. The maximum Gasteiger partial charge on any atom is 0.101 e. The zero-order valence-electron chi connectivity index (χ0n) is 13.6. The van der Waals surface area contributed by atoms with Crippen molar-refractivity contribution >= 4 is 37.9 Å². The van der Waals surface area contributed by atoms with Crippen LogP contribution in [-0.2, 0) is 11.3 Å². The minimum absolute atomic E-state index is 0.100. The number of hydrogen-bond donors (Lipinski definition) is 0. The number of halogens is 2. The van der Waals surface area contributed by atoms with Gasteiger partial charge in [0.1, 0.15) is 6.10 Å². The molecule has 0 aliphatic carbocycles. The molecule has 1 nitrogen and oxygen atoms in total. The van der Waals surface area contributed by atoms with Crippen LogP contribution in [0.1, 0.15) is 22.8 Å². The molecular formula is C22H18Br2O. The third-order valence-electron chi connectivity index (χ3n) is 3.80. The van der Waals surface area contributed by atoms with Crippen molar-refractivity contribution in [2.75, 3.05) is 0 Å². The van der Waals surface area contributed by atoms with Crippen LogP contribution in [0.15, 0.2) is 93.9 Å². The predicted octanol–water partition coefficient (Wildman–Crippen LogP) is 7.18. The van der Waals surface area contributed by atoms with Gasteiger partial charge in [0, 0.05) is 8.95 Å². The highest BCUT2D eigenvalue weighted by molar-refractivity contribution is 9.10. The average molecular weight is 458 g/mol. The standard InChI is InChI=1S/C22H18Br2O/c23-20-11-6-17(7-12-20)8-15-22(19-9-13-21(24)14-10-19)25-16-18-4-2-1-3-5-18/h1-15,22H,16H2/b15-8+. The molecule has 0 saturated carbocycles. The molecule has 0 radical (unpaired) electrons. The van der Waals surface area contributed by atoms with Gasteiger partial charge in [0.15, 0.2) is 0 Å². The Morgan fingerprint density at radius 1 is 0.760 bits per heavy atom. The summed E-state index contributed by atoms with van der Waals surface area (Å²) < 4.78 is 8.33. The Morgan fingerprint density at radius 3 is 2.00 bits per heavy atom. The second kappa shape index (κ2) is 9.14. The van der Waals surface area contributed by atoms with Crippen LogP contribution < -0.4 is 0 Å². The molecule has 3 heteroatoms. The average Bonchev–Trinajstić information content (AvgIpc) is 2.65. The quantitative estimate of drug-likeness (QED) is 0.380. The summed E-state index contributed by atoms with van der Waals surface area (Å²) in [7, 11) is 0. The molecule has 0 saturated heterocycles. The van der Waals surface area contributed by atoms with Crippen molar-refractivity contribution in [1.82, 2.24) is 0 Å². The molecule has 0 aromatic heterocycles. The van der Waals surface area contributed by atoms with Crippen LogP contribution in [0, 0.1) is 0 Å². The molecule has 0 N–H and O–H groups in total. The van der Waals surface area contributed by atoms with E-state index in [9.17, 15) is 0 Å². The van der Waals surface area contributed by atoms with Crippen LogP contribution in [-0.4, -0.2) is 0 Å². The first-order chi connectivity index (χ1) is 12.2. The minimum Gasteiger partial charge on any atom is -0.365 e. The van der Waals surface area contributed by atoms with Crippen molar-refractivity contribution in [2.24, 2.45) is 0 Å². The van der Waals surface area contributed by atoms with E-state index in [1.807, 2.05) is 42.5 Å². The zero-order valence-corrected chi connectivity index (χ0v) is 16.8. The number of benzene rings is 3. The third-order valence-corrected chi connectivity index (χ3v) is 4.86. The molecule has 126 valence electrons. The molecule has 3 aromatic rings. The monoisotopic (exact) mass is 456 g/mol. The Morgan fingerprint density at radius 2 is 1.36 bits per heavy atom. The van der Waals surface area contributed by atoms with Crippen LogP contribution in [0.25, 0.3) is 6.08 Å². The summed E-state index contributed by atoms with van der Waals surface area (Å²) in [5.41, 5.74) is 3.45. The molecule has 0 fully saturated rings. The van der Waals surface area contributed by atoms with Crippen LogP contribution in [0.4, 0.5) is 0 Å². The van der Waals surface area contributed by atoms with E-state index >= 15 is 0 Å². The first-order valence-electron chi connectivity index (χ1n) is 8.05. The van der Waals surface area contributed by atoms with Crippen molar-refractivity contribution in [3.8, 4) is 0 Å². The van der Waals surface area contributed by atoms with E-state index in [4.69, 9.17) is 4.74 Å². The van der Waals surface area contributed by atoms with Gasteiger partial charge in [-0.2, -0.15) is 0 Å². The van der Waals surface area contributed by atoms with Crippen molar-refractivity contribution < 1.29 is 4.74 Å². The Hall–Kier alpha value is -1.68. The summed E-state index contributed by atoms with van der Waals surface area (Å²) in [5.74, 6) is 0. The highest BCUT2D eigenvalue weighted by Gasteiger charge is 2.09. The van der Waals surface area contributed by atoms with Crippen LogP contribution in [0.3, 0.4) is 0 Å². The molecular weight excluding hydrogens is 440 g/mol. The van der Waals surface area contributed by atoms with Crippen molar-refractivity contribution in [2.45, 2.75) is 12.7 Å². The maximum atomic E-state index is 6.19. The molecule has 0 spiro atoms. The topological polar surface area (TPSA) is 9.23 Å². The van der Waals surface area contributed by atoms with Crippen molar-refractivity contribution in [3.63, 3.8) is 0 Å². The lowest BCUT2D eigenvalue weighted by Gasteiger charge is -2.15.